The van der Waals surface area contributed by atoms with Crippen LogP contribution in [0.4, 0.5) is 9.93 Å². The predicted octanol–water partition coefficient (Wildman–Crippen LogP) is 2.33. The summed E-state index contributed by atoms with van der Waals surface area (Å²) < 4.78 is 10.6. The van der Waals surface area contributed by atoms with Gasteiger partial charge in [0.1, 0.15) is 22.9 Å². The van der Waals surface area contributed by atoms with Gasteiger partial charge in [-0.15, -0.1) is 11.3 Å². The number of ether oxygens (including phenoxy) is 2. The topological polar surface area (TPSA) is 178 Å². The summed E-state index contributed by atoms with van der Waals surface area (Å²) in [5.41, 5.74) is -3.44. The minimum absolute atomic E-state index is 0.00000818. The molecule has 3 heterocycles. The number of thiazole rings is 1. The number of esters is 1. The largest absolute Gasteiger partial charge is 0.457 e. The maximum absolute atomic E-state index is 13.5. The van der Waals surface area contributed by atoms with Gasteiger partial charge in [0, 0.05) is 24.9 Å². The van der Waals surface area contributed by atoms with Crippen molar-refractivity contribution in [1.29, 1.82) is 0 Å². The second-order valence-corrected chi connectivity index (χ2v) is 13.4. The fourth-order valence-corrected chi connectivity index (χ4v) is 4.58. The summed E-state index contributed by atoms with van der Waals surface area (Å²) in [7, 11) is 0. The van der Waals surface area contributed by atoms with Crippen LogP contribution in [0, 0.1) is 0 Å². The Morgan fingerprint density at radius 1 is 1.07 bits per heavy atom. The normalized spacial score (nSPS) is 19.8. The van der Waals surface area contributed by atoms with Crippen LogP contribution in [0.2, 0.25) is 0 Å². The molecule has 0 radical (unpaired) electrons. The average Bonchev–Trinajstić information content (AvgIpc) is 3.29. The monoisotopic (exact) mass is 608 g/mol. The van der Waals surface area contributed by atoms with Crippen LogP contribution in [0.1, 0.15) is 80.3 Å². The standard InChI is InChI=1S/C27H40N6O8S/c1-25(2,3)39-22(37)27(7,8)41-32-19(16-14-42-23(29-16)31-24(38)40-26(4,5)6)21(36)30-18-15(28-20(18)35)13-33-12-10-9-11-17(33)34/h14-15,18H,9-13H2,1-8H3,(H,28,35)(H,30,36)(H,29,31,38)/b32-19-/t15-,18+/m1/s1. The van der Waals surface area contributed by atoms with E-state index in [9.17, 15) is 24.0 Å². The van der Waals surface area contributed by atoms with Gasteiger partial charge >= 0.3 is 12.1 Å². The van der Waals surface area contributed by atoms with Gasteiger partial charge in [-0.05, 0) is 68.2 Å². The number of hydrogen-bond acceptors (Lipinski definition) is 11. The van der Waals surface area contributed by atoms with Gasteiger partial charge in [-0.25, -0.2) is 14.6 Å². The summed E-state index contributed by atoms with van der Waals surface area (Å²) in [6.07, 6.45) is 1.40. The second kappa shape index (κ2) is 12.6. The zero-order valence-electron chi connectivity index (χ0n) is 25.3. The molecular formula is C27H40N6O8S. The first kappa shape index (κ1) is 32.8. The van der Waals surface area contributed by atoms with E-state index in [1.54, 1.807) is 46.4 Å². The van der Waals surface area contributed by atoms with Crippen LogP contribution in [0.5, 0.6) is 0 Å². The molecule has 14 nitrogen and oxygen atoms in total. The Morgan fingerprint density at radius 3 is 2.33 bits per heavy atom. The zero-order chi connectivity index (χ0) is 31.5. The average molecular weight is 609 g/mol. The minimum atomic E-state index is -1.59. The summed E-state index contributed by atoms with van der Waals surface area (Å²) in [5, 5.41) is 13.4. The quantitative estimate of drug-likeness (QED) is 0.164. The number of rotatable bonds is 9. The van der Waals surface area contributed by atoms with E-state index in [4.69, 9.17) is 14.3 Å². The van der Waals surface area contributed by atoms with Crippen LogP contribution in [0.3, 0.4) is 0 Å². The lowest BCUT2D eigenvalue weighted by Crippen LogP contribution is -2.72. The van der Waals surface area contributed by atoms with Gasteiger partial charge in [0.2, 0.25) is 17.4 Å². The lowest BCUT2D eigenvalue weighted by Gasteiger charge is -2.40. The van der Waals surface area contributed by atoms with Crippen molar-refractivity contribution in [3.8, 4) is 0 Å². The van der Waals surface area contributed by atoms with E-state index < -0.39 is 52.8 Å². The molecule has 1 aromatic heterocycles. The molecule has 0 aromatic carbocycles. The van der Waals surface area contributed by atoms with E-state index in [1.165, 1.54) is 19.2 Å². The number of carbonyl (C=O) groups excluding carboxylic acids is 5. The van der Waals surface area contributed by atoms with Crippen LogP contribution in [0.25, 0.3) is 0 Å². The van der Waals surface area contributed by atoms with Crippen molar-refractivity contribution >= 4 is 52.0 Å². The number of piperidine rings is 1. The van der Waals surface area contributed by atoms with Crippen LogP contribution < -0.4 is 16.0 Å². The second-order valence-electron chi connectivity index (χ2n) is 12.6. The van der Waals surface area contributed by atoms with Gasteiger partial charge in [0.15, 0.2) is 10.8 Å². The van der Waals surface area contributed by atoms with E-state index >= 15 is 0 Å². The molecule has 42 heavy (non-hydrogen) atoms. The van der Waals surface area contributed by atoms with Gasteiger partial charge in [0.05, 0.1) is 6.04 Å². The predicted molar refractivity (Wildman–Crippen MR) is 154 cm³/mol. The molecule has 0 saturated carbocycles. The van der Waals surface area contributed by atoms with Crippen molar-refractivity contribution in [1.82, 2.24) is 20.5 Å². The summed E-state index contributed by atoms with van der Waals surface area (Å²) in [6.45, 7) is 13.9. The summed E-state index contributed by atoms with van der Waals surface area (Å²) in [6, 6.07) is -1.43. The van der Waals surface area contributed by atoms with E-state index in [1.807, 2.05) is 0 Å². The van der Waals surface area contributed by atoms with E-state index in [2.05, 4.69) is 26.1 Å². The summed E-state index contributed by atoms with van der Waals surface area (Å²) in [5.74, 6) is -1.94. The third-order valence-electron chi connectivity index (χ3n) is 5.96. The van der Waals surface area contributed by atoms with Crippen molar-refractivity contribution in [2.75, 3.05) is 18.4 Å². The molecule has 4 amide bonds. The number of amides is 4. The molecule has 2 fully saturated rings. The van der Waals surface area contributed by atoms with Gasteiger partial charge in [0.25, 0.3) is 5.91 Å². The first-order valence-corrected chi connectivity index (χ1v) is 14.6. The summed E-state index contributed by atoms with van der Waals surface area (Å²) >= 11 is 1.01. The Balaban J connectivity index is 1.82. The number of hydrogen-bond donors (Lipinski definition) is 3. The molecule has 2 saturated heterocycles. The number of oxime groups is 1. The number of carbonyl (C=O) groups is 5. The van der Waals surface area contributed by atoms with Gasteiger partial charge in [-0.2, -0.15) is 0 Å². The molecule has 3 rings (SSSR count). The Bertz CT molecular complexity index is 1250. The molecule has 232 valence electrons. The fraction of sp³-hybridized carbons (Fsp3) is 0.667. The van der Waals surface area contributed by atoms with E-state index in [0.717, 1.165) is 24.2 Å². The van der Waals surface area contributed by atoms with Gasteiger partial charge in [-0.3, -0.25) is 19.7 Å². The molecule has 0 bridgehead atoms. The zero-order valence-corrected chi connectivity index (χ0v) is 26.1. The Morgan fingerprint density at radius 2 is 1.74 bits per heavy atom. The Labute approximate surface area is 248 Å². The summed E-state index contributed by atoms with van der Waals surface area (Å²) in [4.78, 5) is 74.5. The lowest BCUT2D eigenvalue weighted by atomic mass is 9.96. The molecule has 1 aromatic rings. The molecule has 3 N–H and O–H groups in total. The third-order valence-corrected chi connectivity index (χ3v) is 6.72. The van der Waals surface area contributed by atoms with E-state index in [-0.39, 0.29) is 29.0 Å². The highest BCUT2D eigenvalue weighted by Crippen LogP contribution is 2.22. The highest BCUT2D eigenvalue weighted by Gasteiger charge is 2.43. The van der Waals surface area contributed by atoms with Crippen LogP contribution >= 0.6 is 11.3 Å². The molecule has 15 heteroatoms. The number of aromatic nitrogens is 1. The van der Waals surface area contributed by atoms with Gasteiger partial charge < -0.3 is 29.8 Å². The Hall–Kier alpha value is -3.75. The van der Waals surface area contributed by atoms with Crippen molar-refractivity contribution in [2.24, 2.45) is 5.16 Å². The Kier molecular flexibility index (Phi) is 9.85. The highest BCUT2D eigenvalue weighted by molar-refractivity contribution is 7.14. The molecule has 0 unspecified atom stereocenters. The van der Waals surface area contributed by atoms with Crippen molar-refractivity contribution < 1.29 is 38.3 Å². The molecular weight excluding hydrogens is 568 g/mol. The third kappa shape index (κ3) is 9.13. The first-order valence-electron chi connectivity index (χ1n) is 13.7. The number of anilines is 1. The minimum Gasteiger partial charge on any atom is -0.457 e. The first-order chi connectivity index (χ1) is 19.3. The highest BCUT2D eigenvalue weighted by atomic mass is 32.1. The molecule has 2 atom stereocenters. The SMILES string of the molecule is CC(C)(C)OC(=O)Nc1nc(/C(=N/OC(C)(C)C(=O)OC(C)(C)C)C(=O)N[C@@H]2C(=O)N[C@@H]2CN2CCCCC2=O)cs1. The van der Waals surface area contributed by atoms with Crippen LogP contribution in [-0.4, -0.2) is 87.4 Å². The van der Waals surface area contributed by atoms with E-state index in [0.29, 0.717) is 13.0 Å². The fourth-order valence-electron chi connectivity index (χ4n) is 3.89. The van der Waals surface area contributed by atoms with Crippen molar-refractivity contribution in [3.63, 3.8) is 0 Å². The van der Waals surface area contributed by atoms with Crippen molar-refractivity contribution in [3.05, 3.63) is 11.1 Å². The maximum Gasteiger partial charge on any atom is 0.413 e. The van der Waals surface area contributed by atoms with Crippen LogP contribution in [0.15, 0.2) is 10.5 Å². The molecule has 2 aliphatic heterocycles. The molecule has 2 aliphatic rings. The van der Waals surface area contributed by atoms with Crippen LogP contribution in [-0.2, 0) is 33.5 Å². The number of nitrogens with zero attached hydrogens (tertiary/aromatic N) is 3. The van der Waals surface area contributed by atoms with Crippen molar-refractivity contribution in [2.45, 2.75) is 104 Å². The number of likely N-dealkylation sites (tertiary alicyclic amines) is 1. The number of nitrogens with one attached hydrogen (secondary N) is 3. The molecule has 0 aliphatic carbocycles. The van der Waals surface area contributed by atoms with Gasteiger partial charge in [-0.1, -0.05) is 5.16 Å². The smallest absolute Gasteiger partial charge is 0.413 e. The number of β-lactam (4-membered cyclic amide) rings is 1. The maximum atomic E-state index is 13.5. The lowest BCUT2D eigenvalue weighted by molar-refractivity contribution is -0.179. The molecule has 0 spiro atoms.